The van der Waals surface area contributed by atoms with Gasteiger partial charge in [-0.2, -0.15) is 0 Å². The number of aryl methyl sites for hydroxylation is 1. The summed E-state index contributed by atoms with van der Waals surface area (Å²) in [7, 11) is 0. The van der Waals surface area contributed by atoms with Gasteiger partial charge in [0.1, 0.15) is 11.9 Å². The number of ketones is 1. The summed E-state index contributed by atoms with van der Waals surface area (Å²) in [6, 6.07) is 5.94. The highest BCUT2D eigenvalue weighted by atomic mass is 32.1. The lowest BCUT2D eigenvalue weighted by Crippen LogP contribution is -2.46. The first-order valence-corrected chi connectivity index (χ1v) is 15.3. The summed E-state index contributed by atoms with van der Waals surface area (Å²) < 4.78 is 13.2. The van der Waals surface area contributed by atoms with Crippen molar-refractivity contribution >= 4 is 33.3 Å². The maximum absolute atomic E-state index is 13.8. The lowest BCUT2D eigenvalue weighted by Gasteiger charge is -2.36. The summed E-state index contributed by atoms with van der Waals surface area (Å²) in [6.45, 7) is 13.3. The van der Waals surface area contributed by atoms with Crippen molar-refractivity contribution in [2.45, 2.75) is 117 Å². The average Bonchev–Trinajstić information content (AvgIpc) is 3.34. The van der Waals surface area contributed by atoms with Gasteiger partial charge in [0.05, 0.1) is 51.0 Å². The minimum atomic E-state index is -1.26. The smallest absolute Gasteiger partial charge is 0.309 e. The van der Waals surface area contributed by atoms with E-state index in [0.29, 0.717) is 12.8 Å². The minimum absolute atomic E-state index is 0.0698. The number of aliphatic hydroxyl groups excluding tert-OH is 2. The standard InChI is InChI=1S/C32H45NO6S/c1-18(2)10-12-22-29(36)19(3)9-8-14-32(7)27(39-32)16-24(21-11-13-25-23(15-21)33-20(4)40-25)38-28(35)17-26(34)31(5,6)30(22)37/h10-11,13,15,19,22,24,26-27,29,34,36H,8-9,12,14,16-17H2,1-7H3. The molecule has 220 valence electrons. The molecule has 0 bridgehead atoms. The zero-order valence-corrected chi connectivity index (χ0v) is 25.7. The van der Waals surface area contributed by atoms with Crippen LogP contribution in [-0.2, 0) is 19.1 Å². The number of Topliss-reactive ketones (excluding diaryl/α,β-unsaturated/α-hetero) is 1. The molecule has 40 heavy (non-hydrogen) atoms. The van der Waals surface area contributed by atoms with Crippen molar-refractivity contribution < 1.29 is 29.3 Å². The number of hydrogen-bond acceptors (Lipinski definition) is 8. The first-order chi connectivity index (χ1) is 18.7. The van der Waals surface area contributed by atoms with E-state index in [4.69, 9.17) is 9.47 Å². The van der Waals surface area contributed by atoms with Crippen LogP contribution in [0.25, 0.3) is 10.2 Å². The minimum Gasteiger partial charge on any atom is -0.457 e. The third-order valence-electron chi connectivity index (χ3n) is 8.90. The van der Waals surface area contributed by atoms with Crippen LogP contribution in [0.4, 0.5) is 0 Å². The zero-order valence-electron chi connectivity index (χ0n) is 24.9. The monoisotopic (exact) mass is 571 g/mol. The lowest BCUT2D eigenvalue weighted by molar-refractivity contribution is -0.156. The molecule has 7 unspecified atom stereocenters. The molecule has 2 aromatic rings. The molecule has 2 fully saturated rings. The van der Waals surface area contributed by atoms with Crippen LogP contribution in [0.1, 0.15) is 96.7 Å². The molecular weight excluding hydrogens is 526 g/mol. The Kier molecular flexibility index (Phi) is 9.25. The van der Waals surface area contributed by atoms with Crippen LogP contribution in [-0.4, -0.2) is 50.9 Å². The summed E-state index contributed by atoms with van der Waals surface area (Å²) in [6.07, 6.45) is 2.19. The number of cyclic esters (lactones) is 1. The summed E-state index contributed by atoms with van der Waals surface area (Å²) in [5.74, 6) is -1.60. The van der Waals surface area contributed by atoms with Gasteiger partial charge in [0.25, 0.3) is 0 Å². The molecule has 3 heterocycles. The molecular formula is C32H45NO6S. The number of carbonyl (C=O) groups excluding carboxylic acids is 2. The van der Waals surface area contributed by atoms with Gasteiger partial charge in [-0.1, -0.05) is 44.9 Å². The molecule has 0 aliphatic carbocycles. The van der Waals surface area contributed by atoms with E-state index in [1.807, 2.05) is 52.0 Å². The van der Waals surface area contributed by atoms with Crippen molar-refractivity contribution in [1.82, 2.24) is 4.98 Å². The highest BCUT2D eigenvalue weighted by molar-refractivity contribution is 7.18. The molecule has 7 atom stereocenters. The van der Waals surface area contributed by atoms with E-state index in [0.717, 1.165) is 45.6 Å². The van der Waals surface area contributed by atoms with Gasteiger partial charge < -0.3 is 19.7 Å². The van der Waals surface area contributed by atoms with Crippen molar-refractivity contribution in [3.05, 3.63) is 40.4 Å². The molecule has 2 N–H and O–H groups in total. The molecule has 1 aromatic heterocycles. The van der Waals surface area contributed by atoms with E-state index >= 15 is 0 Å². The maximum Gasteiger partial charge on any atom is 0.309 e. The van der Waals surface area contributed by atoms with Crippen molar-refractivity contribution in [3.8, 4) is 0 Å². The third kappa shape index (κ3) is 6.84. The van der Waals surface area contributed by atoms with Crippen LogP contribution in [0.2, 0.25) is 0 Å². The number of nitrogens with zero attached hydrogens (tertiary/aromatic N) is 1. The fourth-order valence-corrected chi connectivity index (χ4v) is 6.69. The summed E-state index contributed by atoms with van der Waals surface area (Å²) >= 11 is 1.62. The third-order valence-corrected chi connectivity index (χ3v) is 9.85. The Labute approximate surface area is 242 Å². The number of rotatable bonds is 3. The number of aliphatic hydroxyl groups is 2. The Hall–Kier alpha value is -2.13. The molecule has 8 heteroatoms. The summed E-state index contributed by atoms with van der Waals surface area (Å²) in [5.41, 5.74) is 1.19. The van der Waals surface area contributed by atoms with Gasteiger partial charge in [0, 0.05) is 12.3 Å². The van der Waals surface area contributed by atoms with Crippen LogP contribution >= 0.6 is 11.3 Å². The van der Waals surface area contributed by atoms with Crippen LogP contribution in [0, 0.1) is 24.2 Å². The molecule has 2 saturated heterocycles. The van der Waals surface area contributed by atoms with Crippen molar-refractivity contribution in [1.29, 1.82) is 0 Å². The van der Waals surface area contributed by atoms with E-state index in [1.165, 1.54) is 0 Å². The topological polar surface area (TPSA) is 109 Å². The quantitative estimate of drug-likeness (QED) is 0.255. The molecule has 0 saturated carbocycles. The molecule has 4 rings (SSSR count). The van der Waals surface area contributed by atoms with E-state index in [1.54, 1.807) is 25.2 Å². The summed E-state index contributed by atoms with van der Waals surface area (Å²) in [5, 5.41) is 23.5. The molecule has 1 aromatic carbocycles. The predicted molar refractivity (Wildman–Crippen MR) is 157 cm³/mol. The molecule has 2 aliphatic rings. The Morgan fingerprint density at radius 3 is 2.62 bits per heavy atom. The number of thiazole rings is 1. The zero-order chi connectivity index (χ0) is 29.4. The number of ether oxygens (including phenoxy) is 2. The molecule has 7 nitrogen and oxygen atoms in total. The second-order valence-electron chi connectivity index (χ2n) is 12.9. The number of fused-ring (bicyclic) bond motifs is 2. The second kappa shape index (κ2) is 12.0. The Balaban J connectivity index is 1.63. The Morgan fingerprint density at radius 1 is 1.20 bits per heavy atom. The first kappa shape index (κ1) is 30.8. The second-order valence-corrected chi connectivity index (χ2v) is 14.1. The van der Waals surface area contributed by atoms with Gasteiger partial charge in [-0.25, -0.2) is 4.98 Å². The van der Waals surface area contributed by atoms with Crippen LogP contribution in [0.5, 0.6) is 0 Å². The van der Waals surface area contributed by atoms with Gasteiger partial charge in [-0.3, -0.25) is 9.59 Å². The van der Waals surface area contributed by atoms with Gasteiger partial charge >= 0.3 is 5.97 Å². The first-order valence-electron chi connectivity index (χ1n) is 14.5. The SMILES string of the molecule is CC(C)=CCC1C(=O)C(C)(C)C(O)CC(=O)OC(c2ccc3sc(C)nc3c2)CC2OC2(C)CCCC(C)C1O. The van der Waals surface area contributed by atoms with Gasteiger partial charge in [-0.15, -0.1) is 11.3 Å². The number of carbonyl (C=O) groups is 2. The summed E-state index contributed by atoms with van der Waals surface area (Å²) in [4.78, 5) is 31.7. The number of aromatic nitrogens is 1. The molecule has 0 radical (unpaired) electrons. The van der Waals surface area contributed by atoms with Crippen molar-refractivity contribution in [3.63, 3.8) is 0 Å². The van der Waals surface area contributed by atoms with Crippen LogP contribution in [0.15, 0.2) is 29.8 Å². The fourth-order valence-electron chi connectivity index (χ4n) is 5.88. The van der Waals surface area contributed by atoms with Gasteiger partial charge in [-0.05, 0) is 70.6 Å². The number of epoxide rings is 1. The van der Waals surface area contributed by atoms with E-state index in [-0.39, 0.29) is 29.8 Å². The number of allylic oxidation sites excluding steroid dienone is 2. The average molecular weight is 572 g/mol. The largest absolute Gasteiger partial charge is 0.457 e. The molecule has 0 spiro atoms. The fraction of sp³-hybridized carbons (Fsp3) is 0.656. The highest BCUT2D eigenvalue weighted by Gasteiger charge is 2.53. The highest BCUT2D eigenvalue weighted by Crippen LogP contribution is 2.47. The molecule has 2 aliphatic heterocycles. The Bertz CT molecular complexity index is 1260. The van der Waals surface area contributed by atoms with E-state index in [2.05, 4.69) is 11.9 Å². The van der Waals surface area contributed by atoms with Crippen LogP contribution < -0.4 is 0 Å². The maximum atomic E-state index is 13.8. The van der Waals surface area contributed by atoms with Crippen LogP contribution in [0.3, 0.4) is 0 Å². The molecule has 0 amide bonds. The van der Waals surface area contributed by atoms with Crippen molar-refractivity contribution in [2.24, 2.45) is 17.3 Å². The predicted octanol–water partition coefficient (Wildman–Crippen LogP) is 6.24. The number of esters is 1. The van der Waals surface area contributed by atoms with E-state index in [9.17, 15) is 19.8 Å². The number of benzene rings is 1. The van der Waals surface area contributed by atoms with Crippen molar-refractivity contribution in [2.75, 3.05) is 0 Å². The van der Waals surface area contributed by atoms with E-state index < -0.39 is 35.6 Å². The normalized spacial score (nSPS) is 33.7. The lowest BCUT2D eigenvalue weighted by atomic mass is 9.71. The number of hydrogen-bond donors (Lipinski definition) is 2. The Morgan fingerprint density at radius 2 is 1.93 bits per heavy atom. The van der Waals surface area contributed by atoms with Gasteiger partial charge in [0.2, 0.25) is 0 Å². The van der Waals surface area contributed by atoms with Gasteiger partial charge in [0.15, 0.2) is 0 Å².